The molecule has 0 aliphatic rings. The molecule has 0 fully saturated rings. The van der Waals surface area contributed by atoms with Crippen LogP contribution in [0.2, 0.25) is 0 Å². The molecule has 1 atom stereocenters. The summed E-state index contributed by atoms with van der Waals surface area (Å²) in [6, 6.07) is 9.45. The maximum absolute atomic E-state index is 14.0. The van der Waals surface area contributed by atoms with Crippen LogP contribution in [0.4, 0.5) is 4.39 Å². The van der Waals surface area contributed by atoms with E-state index < -0.39 is 6.04 Å². The Balaban J connectivity index is 2.48. The molecular weight excluding hydrogens is 325 g/mol. The van der Waals surface area contributed by atoms with Crippen LogP contribution in [0.5, 0.6) is 11.5 Å². The van der Waals surface area contributed by atoms with Crippen molar-refractivity contribution in [3.63, 3.8) is 0 Å². The highest BCUT2D eigenvalue weighted by Crippen LogP contribution is 2.33. The lowest BCUT2D eigenvalue weighted by Crippen LogP contribution is -2.15. The highest BCUT2D eigenvalue weighted by atomic mass is 79.9. The van der Waals surface area contributed by atoms with Crippen LogP contribution in [0.25, 0.3) is 0 Å². The van der Waals surface area contributed by atoms with Crippen molar-refractivity contribution in [2.75, 3.05) is 14.2 Å². The summed E-state index contributed by atoms with van der Waals surface area (Å²) in [6.45, 7) is 0. The van der Waals surface area contributed by atoms with Gasteiger partial charge < -0.3 is 15.2 Å². The van der Waals surface area contributed by atoms with E-state index >= 15 is 0 Å². The Morgan fingerprint density at radius 1 is 1.05 bits per heavy atom. The van der Waals surface area contributed by atoms with Crippen molar-refractivity contribution in [2.24, 2.45) is 5.73 Å². The van der Waals surface area contributed by atoms with Crippen molar-refractivity contribution in [2.45, 2.75) is 6.04 Å². The van der Waals surface area contributed by atoms with Crippen LogP contribution < -0.4 is 15.2 Å². The van der Waals surface area contributed by atoms with Crippen LogP contribution in [-0.2, 0) is 0 Å². The zero-order valence-corrected chi connectivity index (χ0v) is 12.8. The summed E-state index contributed by atoms with van der Waals surface area (Å²) in [6.07, 6.45) is 0. The minimum atomic E-state index is -0.631. The Kier molecular flexibility index (Phi) is 4.62. The Labute approximate surface area is 125 Å². The van der Waals surface area contributed by atoms with Crippen molar-refractivity contribution in [1.82, 2.24) is 0 Å². The Morgan fingerprint density at radius 2 is 1.80 bits per heavy atom. The molecule has 0 bridgehead atoms. The molecule has 0 radical (unpaired) electrons. The molecule has 2 aromatic rings. The molecule has 0 amide bonds. The number of hydrogen-bond acceptors (Lipinski definition) is 3. The lowest BCUT2D eigenvalue weighted by molar-refractivity contribution is 0.396. The summed E-state index contributed by atoms with van der Waals surface area (Å²) < 4.78 is 25.2. The van der Waals surface area contributed by atoms with Gasteiger partial charge in [0.15, 0.2) is 0 Å². The molecule has 0 aliphatic carbocycles. The highest BCUT2D eigenvalue weighted by molar-refractivity contribution is 9.10. The van der Waals surface area contributed by atoms with Crippen LogP contribution in [0.1, 0.15) is 17.2 Å². The van der Waals surface area contributed by atoms with E-state index in [2.05, 4.69) is 15.9 Å². The quantitative estimate of drug-likeness (QED) is 0.924. The molecule has 106 valence electrons. The average Bonchev–Trinajstić information content (AvgIpc) is 2.46. The topological polar surface area (TPSA) is 44.5 Å². The molecule has 0 saturated carbocycles. The van der Waals surface area contributed by atoms with Gasteiger partial charge in [0.1, 0.15) is 17.3 Å². The number of methoxy groups -OCH3 is 2. The largest absolute Gasteiger partial charge is 0.497 e. The monoisotopic (exact) mass is 339 g/mol. The van der Waals surface area contributed by atoms with Gasteiger partial charge in [-0.25, -0.2) is 4.39 Å². The van der Waals surface area contributed by atoms with E-state index in [-0.39, 0.29) is 5.82 Å². The SMILES string of the molecule is COc1ccc(OC)c(C(N)c2ccc(Br)cc2F)c1. The predicted molar refractivity (Wildman–Crippen MR) is 79.7 cm³/mol. The van der Waals surface area contributed by atoms with Crippen LogP contribution in [0.3, 0.4) is 0 Å². The van der Waals surface area contributed by atoms with Crippen LogP contribution in [0.15, 0.2) is 40.9 Å². The Bertz CT molecular complexity index is 619. The number of benzene rings is 2. The van der Waals surface area contributed by atoms with Gasteiger partial charge in [0, 0.05) is 15.6 Å². The molecule has 5 heteroatoms. The van der Waals surface area contributed by atoms with Crippen LogP contribution in [-0.4, -0.2) is 14.2 Å². The third-order valence-corrected chi connectivity index (χ3v) is 3.56. The summed E-state index contributed by atoms with van der Waals surface area (Å²) in [7, 11) is 3.12. The van der Waals surface area contributed by atoms with Gasteiger partial charge in [-0.3, -0.25) is 0 Å². The summed E-state index contributed by atoms with van der Waals surface area (Å²) in [5, 5.41) is 0. The number of hydrogen-bond donors (Lipinski definition) is 1. The van der Waals surface area contributed by atoms with E-state index in [1.807, 2.05) is 0 Å². The van der Waals surface area contributed by atoms with E-state index in [1.165, 1.54) is 6.07 Å². The molecule has 0 spiro atoms. The van der Waals surface area contributed by atoms with Crippen molar-refractivity contribution in [3.8, 4) is 11.5 Å². The minimum Gasteiger partial charge on any atom is -0.497 e. The van der Waals surface area contributed by atoms with Gasteiger partial charge >= 0.3 is 0 Å². The van der Waals surface area contributed by atoms with E-state index in [0.29, 0.717) is 27.1 Å². The molecule has 2 aromatic carbocycles. The third kappa shape index (κ3) is 2.94. The molecule has 2 rings (SSSR count). The highest BCUT2D eigenvalue weighted by Gasteiger charge is 2.18. The molecule has 3 nitrogen and oxygen atoms in total. The summed E-state index contributed by atoms with van der Waals surface area (Å²) in [4.78, 5) is 0. The molecule has 20 heavy (non-hydrogen) atoms. The normalized spacial score (nSPS) is 12.1. The smallest absolute Gasteiger partial charge is 0.129 e. The van der Waals surface area contributed by atoms with Crippen molar-refractivity contribution >= 4 is 15.9 Å². The lowest BCUT2D eigenvalue weighted by atomic mass is 9.98. The van der Waals surface area contributed by atoms with Gasteiger partial charge in [-0.1, -0.05) is 22.0 Å². The molecule has 0 heterocycles. The van der Waals surface area contributed by atoms with Gasteiger partial charge in [-0.05, 0) is 30.3 Å². The van der Waals surface area contributed by atoms with E-state index in [9.17, 15) is 4.39 Å². The zero-order valence-electron chi connectivity index (χ0n) is 11.2. The maximum Gasteiger partial charge on any atom is 0.129 e. The first-order chi connectivity index (χ1) is 9.56. The molecule has 1 unspecified atom stereocenters. The van der Waals surface area contributed by atoms with Gasteiger partial charge in [0.2, 0.25) is 0 Å². The van der Waals surface area contributed by atoms with Gasteiger partial charge in [0.25, 0.3) is 0 Å². The molecular formula is C15H15BrFNO2. The van der Waals surface area contributed by atoms with E-state index in [1.54, 1.807) is 44.6 Å². The third-order valence-electron chi connectivity index (χ3n) is 3.07. The number of ether oxygens (including phenoxy) is 2. The first kappa shape index (κ1) is 14.8. The fraction of sp³-hybridized carbons (Fsp3) is 0.200. The van der Waals surface area contributed by atoms with Crippen molar-refractivity contribution in [3.05, 3.63) is 57.8 Å². The molecule has 2 N–H and O–H groups in total. The lowest BCUT2D eigenvalue weighted by Gasteiger charge is -2.18. The Hall–Kier alpha value is -1.59. The zero-order chi connectivity index (χ0) is 14.7. The second kappa shape index (κ2) is 6.24. The summed E-state index contributed by atoms with van der Waals surface area (Å²) in [5.74, 6) is 0.881. The second-order valence-electron chi connectivity index (χ2n) is 4.25. The first-order valence-electron chi connectivity index (χ1n) is 5.99. The number of rotatable bonds is 4. The summed E-state index contributed by atoms with van der Waals surface area (Å²) in [5.41, 5.74) is 7.25. The minimum absolute atomic E-state index is 0.364. The number of halogens is 2. The predicted octanol–water partition coefficient (Wildman–Crippen LogP) is 3.65. The second-order valence-corrected chi connectivity index (χ2v) is 5.17. The van der Waals surface area contributed by atoms with Gasteiger partial charge in [0.05, 0.1) is 20.3 Å². The maximum atomic E-state index is 14.0. The fourth-order valence-electron chi connectivity index (χ4n) is 2.00. The Morgan fingerprint density at radius 3 is 2.40 bits per heavy atom. The molecule has 0 saturated heterocycles. The van der Waals surface area contributed by atoms with Crippen LogP contribution in [0, 0.1) is 5.82 Å². The van der Waals surface area contributed by atoms with Crippen LogP contribution >= 0.6 is 15.9 Å². The molecule has 0 aromatic heterocycles. The van der Waals surface area contributed by atoms with E-state index in [0.717, 1.165) is 0 Å². The first-order valence-corrected chi connectivity index (χ1v) is 6.78. The number of nitrogens with two attached hydrogens (primary N) is 1. The van der Waals surface area contributed by atoms with Crippen molar-refractivity contribution in [1.29, 1.82) is 0 Å². The fourth-order valence-corrected chi connectivity index (χ4v) is 2.34. The summed E-state index contributed by atoms with van der Waals surface area (Å²) >= 11 is 3.23. The standard InChI is InChI=1S/C15H15BrFNO2/c1-19-10-4-6-14(20-2)12(8-10)15(18)11-5-3-9(16)7-13(11)17/h3-8,15H,18H2,1-2H3. The molecule has 0 aliphatic heterocycles. The average molecular weight is 340 g/mol. The van der Waals surface area contributed by atoms with Crippen molar-refractivity contribution < 1.29 is 13.9 Å². The van der Waals surface area contributed by atoms with Gasteiger partial charge in [-0.15, -0.1) is 0 Å². The van der Waals surface area contributed by atoms with E-state index in [4.69, 9.17) is 15.2 Å². The van der Waals surface area contributed by atoms with Gasteiger partial charge in [-0.2, -0.15) is 0 Å².